The van der Waals surface area contributed by atoms with Gasteiger partial charge in [-0.25, -0.2) is 42.4 Å². The maximum Gasteiger partial charge on any atom is 0.418 e. The molecule has 8 N–H and O–H groups in total. The van der Waals surface area contributed by atoms with Crippen molar-refractivity contribution in [1.82, 2.24) is 71.1 Å². The van der Waals surface area contributed by atoms with Crippen molar-refractivity contribution in [1.29, 1.82) is 0 Å². The Labute approximate surface area is 630 Å². The van der Waals surface area contributed by atoms with Gasteiger partial charge >= 0.3 is 40.7 Å². The van der Waals surface area contributed by atoms with Crippen molar-refractivity contribution < 1.29 is 90.9 Å². The molecule has 3 aliphatic carbocycles. The largest absolute Gasteiger partial charge is 0.724 e. The monoisotopic (exact) mass is 1560 g/mol. The number of carbonyl (C=O) groups is 5. The number of hydrogen-bond donors (Lipinski definition) is 6. The molecule has 6 saturated heterocycles. The molecule has 6 aliphatic heterocycles. The number of urea groups is 3. The summed E-state index contributed by atoms with van der Waals surface area (Å²) < 4.78 is 102. The SMILES string of the molecule is CC(=NC1(Cc2nnc([C@@H]3CC[C@@H]4CN3C(=O)N4O)o2)CC1)NC(=O)OC(C)(C)C.CC(=NC1(Cc2nnc([C@@H]3CC[C@@H]4CN3C(=O)N4OS(=O)(=O)[O-])o2)CC1)NC(=O)OC(C)(C)C.CCCC[N+](CCCC)(CCCC)CCCC.NC(N)=NC1(Cc2nnc([C@@H]3CC[C@@H]4CN3C(=O)N4OS(=O)(=O)O)o2)CC1. The van der Waals surface area contributed by atoms with Crippen LogP contribution in [0, 0.1) is 0 Å². The van der Waals surface area contributed by atoms with E-state index in [4.69, 9.17) is 38.7 Å². The Bertz CT molecular complexity index is 3910. The van der Waals surface area contributed by atoms with Crippen molar-refractivity contribution in [2.45, 2.75) is 295 Å². The number of guanidine groups is 1. The molecule has 6 atom stereocenters. The average molecular weight is 1560 g/mol. The molecule has 0 aromatic carbocycles. The number of hydrogen-bond acceptors (Lipinski definition) is 27. The van der Waals surface area contributed by atoms with Gasteiger partial charge in [-0.3, -0.25) is 30.4 Å². The Balaban J connectivity index is 0.000000170. The molecule has 108 heavy (non-hydrogen) atoms. The molecule has 3 saturated carbocycles. The van der Waals surface area contributed by atoms with Crippen LogP contribution in [0.2, 0.25) is 0 Å². The molecule has 0 spiro atoms. The van der Waals surface area contributed by atoms with E-state index in [1.807, 2.05) is 0 Å². The number of hydroxylamine groups is 6. The molecular weight excluding hydrogens is 1450 g/mol. The molecule has 0 unspecified atom stereocenters. The maximum atomic E-state index is 12.6. The van der Waals surface area contributed by atoms with Crippen LogP contribution in [-0.2, 0) is 58.1 Å². The van der Waals surface area contributed by atoms with Gasteiger partial charge in [-0.1, -0.05) is 53.4 Å². The summed E-state index contributed by atoms with van der Waals surface area (Å²) in [6.07, 6.45) is 19.2. The first kappa shape index (κ1) is 84.1. The highest BCUT2D eigenvalue weighted by Crippen LogP contribution is 2.47. The molecule has 39 nitrogen and oxygen atoms in total. The van der Waals surface area contributed by atoms with E-state index < -0.39 is 97.5 Å². The highest BCUT2D eigenvalue weighted by atomic mass is 32.3. The van der Waals surface area contributed by atoms with Gasteiger partial charge in [-0.15, -0.1) is 34.9 Å². The second-order valence-corrected chi connectivity index (χ2v) is 33.6. The molecule has 3 aromatic heterocycles. The summed E-state index contributed by atoms with van der Waals surface area (Å²) in [5.41, 5.74) is 8.47. The van der Waals surface area contributed by atoms with Crippen molar-refractivity contribution in [3.63, 3.8) is 0 Å². The summed E-state index contributed by atoms with van der Waals surface area (Å²) in [5.74, 6) is 2.92. The third kappa shape index (κ3) is 23.3. The fourth-order valence-corrected chi connectivity index (χ4v) is 15.1. The van der Waals surface area contributed by atoms with E-state index in [0.29, 0.717) is 110 Å². The first-order chi connectivity index (χ1) is 50.7. The minimum absolute atomic E-state index is 0.00662. The Morgan fingerprint density at radius 1 is 0.546 bits per heavy atom. The molecule has 9 fully saturated rings. The van der Waals surface area contributed by atoms with Gasteiger partial charge in [0.05, 0.1) is 80.2 Å². The lowest BCUT2D eigenvalue weighted by Crippen LogP contribution is -2.50. The number of aliphatic imine (C=N–C) groups is 3. The third-order valence-electron chi connectivity index (χ3n) is 20.0. The summed E-state index contributed by atoms with van der Waals surface area (Å²) in [7, 11) is -9.85. The highest BCUT2D eigenvalue weighted by Gasteiger charge is 2.53. The zero-order chi connectivity index (χ0) is 79.0. The van der Waals surface area contributed by atoms with E-state index in [-0.39, 0.29) is 48.5 Å². The van der Waals surface area contributed by atoms with Gasteiger partial charge < -0.3 is 57.9 Å². The van der Waals surface area contributed by atoms with E-state index >= 15 is 0 Å². The number of aromatic nitrogens is 6. The molecule has 9 heterocycles. The lowest BCUT2D eigenvalue weighted by Gasteiger charge is -2.39. The van der Waals surface area contributed by atoms with Crippen molar-refractivity contribution in [3.8, 4) is 0 Å². The van der Waals surface area contributed by atoms with E-state index in [1.165, 1.54) is 91.8 Å². The van der Waals surface area contributed by atoms with Gasteiger partial charge in [0, 0.05) is 19.6 Å². The van der Waals surface area contributed by atoms with Crippen LogP contribution in [0.25, 0.3) is 0 Å². The molecule has 12 rings (SSSR count). The summed E-state index contributed by atoms with van der Waals surface area (Å²) in [6.45, 7) is 30.0. The van der Waals surface area contributed by atoms with Crippen LogP contribution in [-0.4, -0.2) is 236 Å². The van der Waals surface area contributed by atoms with Gasteiger partial charge in [0.15, 0.2) is 5.96 Å². The van der Waals surface area contributed by atoms with Crippen molar-refractivity contribution in [2.24, 2.45) is 26.4 Å². The van der Waals surface area contributed by atoms with Crippen LogP contribution in [0.1, 0.15) is 265 Å². The third-order valence-corrected chi connectivity index (χ3v) is 20.7. The molecular formula is C67H110N20O19S2. The molecule has 41 heteroatoms. The number of nitrogens with zero attached hydrogens (tertiary/aromatic N) is 16. The van der Waals surface area contributed by atoms with Crippen LogP contribution in [0.3, 0.4) is 0 Å². The number of rotatable bonds is 28. The van der Waals surface area contributed by atoms with Gasteiger partial charge in [0.25, 0.3) is 0 Å². The first-order valence-corrected chi connectivity index (χ1v) is 40.3. The Morgan fingerprint density at radius 3 is 1.19 bits per heavy atom. The zero-order valence-corrected chi connectivity index (χ0v) is 65.8. The number of nitrogens with one attached hydrogen (secondary N) is 2. The lowest BCUT2D eigenvalue weighted by atomic mass is 10.0. The first-order valence-electron chi connectivity index (χ1n) is 37.6. The number of ether oxygens (including phenoxy) is 2. The Hall–Kier alpha value is -7.96. The summed E-state index contributed by atoms with van der Waals surface area (Å²) >= 11 is 0. The van der Waals surface area contributed by atoms with Crippen molar-refractivity contribution in [3.05, 3.63) is 35.3 Å². The van der Waals surface area contributed by atoms with Gasteiger partial charge in [-0.2, -0.15) is 22.8 Å². The van der Waals surface area contributed by atoms with Crippen LogP contribution < -0.4 is 22.1 Å². The number of fused-ring (bicyclic) bond motifs is 6. The van der Waals surface area contributed by atoms with Crippen LogP contribution in [0.5, 0.6) is 0 Å². The summed E-state index contributed by atoms with van der Waals surface area (Å²) in [5, 5.41) is 41.7. The quantitative estimate of drug-likeness (QED) is 0.0100. The van der Waals surface area contributed by atoms with E-state index in [1.54, 1.807) is 60.3 Å². The van der Waals surface area contributed by atoms with E-state index in [2.05, 4.69) is 92.5 Å². The Morgan fingerprint density at radius 2 is 0.870 bits per heavy atom. The number of amidine groups is 2. The molecule has 0 radical (unpaired) electrons. The maximum absolute atomic E-state index is 12.6. The van der Waals surface area contributed by atoms with Gasteiger partial charge in [0.1, 0.15) is 41.0 Å². The van der Waals surface area contributed by atoms with Crippen molar-refractivity contribution in [2.75, 3.05) is 45.8 Å². The second-order valence-electron chi connectivity index (χ2n) is 31.7. The summed E-state index contributed by atoms with van der Waals surface area (Å²) in [6, 6.07) is -4.39. The van der Waals surface area contributed by atoms with Crippen LogP contribution in [0.4, 0.5) is 24.0 Å². The van der Waals surface area contributed by atoms with Crippen molar-refractivity contribution >= 4 is 68.7 Å². The number of amides is 8. The predicted molar refractivity (Wildman–Crippen MR) is 384 cm³/mol. The fourth-order valence-electron chi connectivity index (χ4n) is 14.3. The van der Waals surface area contributed by atoms with Crippen LogP contribution >= 0.6 is 0 Å². The van der Waals surface area contributed by atoms with E-state index in [9.17, 15) is 50.6 Å². The molecule has 8 amide bonds. The number of piperidine rings is 3. The number of quaternary nitrogens is 1. The second kappa shape index (κ2) is 34.5. The minimum Gasteiger partial charge on any atom is -0.724 e. The number of alkyl carbamates (subject to hydrolysis) is 2. The molecule has 6 bridgehead atoms. The Kier molecular flexibility index (Phi) is 26.9. The standard InChI is InChI=1S/C19H28N6O8S.C19H28N6O5.C16H36N.C13H19N7O6S/c1-11(20-16(26)32-18(2,3)4)21-19(7-8-19)9-14-22-23-15(31-14)13-6-5-12-10-24(13)17(27)25(12)33-34(28,29)30;1-11(20-16(26)30-18(2,3)4)21-19(7-8-19)9-14-22-23-15(29-14)13-6-5-12-10-24(13)17(27)25(12)28;1-5-9-13-17(14-10-6-2,15-11-7-3)16-12-8-4;14-11(15)16-13(3-4-13)5-9-17-18-10(25-9)8-2-1-7-6-19(8)12(21)20(7)26-27(22,23)24/h12-13H,5-10H2,1-4H3,(H,20,21,26)(H,28,29,30);12-13,28H,5-10H2,1-4H3,(H,20,21,26);5-16H2,1-4H3;7-8H,1-6H2,(H4,14,15,16)(H,22,23,24)/q;;+1;/p-1/t2*12-,13+;;7-,8+/m11.1/s1. The average Bonchev–Trinajstić information content (AvgIpc) is 1.62. The summed E-state index contributed by atoms with van der Waals surface area (Å²) in [4.78, 5) is 78.8. The molecule has 604 valence electrons. The fraction of sp³-hybridized carbons (Fsp3) is 0.791. The zero-order valence-electron chi connectivity index (χ0n) is 64.1. The smallest absolute Gasteiger partial charge is 0.418 e. The van der Waals surface area contributed by atoms with Gasteiger partial charge in [0.2, 0.25) is 45.7 Å². The van der Waals surface area contributed by atoms with Gasteiger partial charge in [-0.05, 0) is 158 Å². The molecule has 9 aliphatic rings. The normalized spacial score (nSPS) is 23.2. The number of nitrogens with two attached hydrogens (primary N) is 2. The number of unbranched alkanes of at least 4 members (excludes halogenated alkanes) is 4. The van der Waals surface area contributed by atoms with E-state index in [0.717, 1.165) is 43.6 Å². The lowest BCUT2D eigenvalue weighted by molar-refractivity contribution is -0.929. The highest BCUT2D eigenvalue weighted by molar-refractivity contribution is 7.81. The predicted octanol–water partition coefficient (Wildman–Crippen LogP) is 7.94. The number of carbonyl (C=O) groups excluding carboxylic acids is 5. The minimum atomic E-state index is -5.07. The topological polar surface area (TPSA) is 503 Å². The van der Waals surface area contributed by atoms with Crippen LogP contribution in [0.15, 0.2) is 28.2 Å². The molecule has 3 aromatic rings.